The minimum Gasteiger partial charge on any atom is -0.378 e. The summed E-state index contributed by atoms with van der Waals surface area (Å²) in [5.41, 5.74) is 4.52. The maximum absolute atomic E-state index is 11.2. The summed E-state index contributed by atoms with van der Waals surface area (Å²) in [6, 6.07) is 1.82. The minimum atomic E-state index is -0.691. The largest absolute Gasteiger partial charge is 0.378 e. The average molecular weight is 331 g/mol. The molecule has 0 aliphatic heterocycles. The van der Waals surface area contributed by atoms with Gasteiger partial charge in [-0.3, -0.25) is 10.1 Å². The zero-order chi connectivity index (χ0) is 13.3. The smallest absolute Gasteiger partial charge is 0.347 e. The minimum absolute atomic E-state index is 0.159. The van der Waals surface area contributed by atoms with E-state index in [1.54, 1.807) is 0 Å². The van der Waals surface area contributed by atoms with Crippen LogP contribution in [0, 0.1) is 10.1 Å². The van der Waals surface area contributed by atoms with Gasteiger partial charge in [-0.1, -0.05) is 0 Å². The highest BCUT2D eigenvalue weighted by atomic mass is 79.9. The molecule has 9 heteroatoms. The zero-order valence-corrected chi connectivity index (χ0v) is 11.2. The third-order valence-corrected chi connectivity index (χ3v) is 3.86. The Labute approximate surface area is 113 Å². The number of nitrogen functional groups attached to an aromatic ring is 1. The van der Waals surface area contributed by atoms with Crippen molar-refractivity contribution in [2.75, 3.05) is 5.73 Å². The van der Waals surface area contributed by atoms with Crippen molar-refractivity contribution in [3.8, 4) is 0 Å². The van der Waals surface area contributed by atoms with Gasteiger partial charge in [-0.2, -0.15) is 4.98 Å². The third kappa shape index (κ3) is 2.57. The quantitative estimate of drug-likeness (QED) is 0.656. The fraction of sp³-hybridized carbons (Fsp3) is 0.111. The Balaban J connectivity index is 2.49. The van der Waals surface area contributed by atoms with E-state index in [0.717, 1.165) is 9.35 Å². The predicted molar refractivity (Wildman–Crippen MR) is 70.7 cm³/mol. The van der Waals surface area contributed by atoms with E-state index in [-0.39, 0.29) is 23.6 Å². The van der Waals surface area contributed by atoms with Crippen molar-refractivity contribution >= 4 is 38.8 Å². The first-order chi connectivity index (χ1) is 8.47. The number of aromatic amines is 1. The number of H-pyrrole nitrogens is 1. The first kappa shape index (κ1) is 12.7. The van der Waals surface area contributed by atoms with Gasteiger partial charge >= 0.3 is 11.4 Å². The van der Waals surface area contributed by atoms with Crippen molar-refractivity contribution in [3.05, 3.63) is 47.1 Å². The van der Waals surface area contributed by atoms with Gasteiger partial charge in [-0.25, -0.2) is 4.79 Å². The Kier molecular flexibility index (Phi) is 3.43. The Morgan fingerprint density at radius 2 is 2.33 bits per heavy atom. The molecule has 0 aromatic carbocycles. The highest BCUT2D eigenvalue weighted by Crippen LogP contribution is 2.27. The second-order valence-corrected chi connectivity index (χ2v) is 5.33. The van der Waals surface area contributed by atoms with Crippen LogP contribution in [0.3, 0.4) is 0 Å². The van der Waals surface area contributed by atoms with Crippen LogP contribution in [0.25, 0.3) is 0 Å². The van der Waals surface area contributed by atoms with Crippen LogP contribution >= 0.6 is 27.3 Å². The van der Waals surface area contributed by atoms with Gasteiger partial charge in [0.15, 0.2) is 0 Å². The maximum atomic E-state index is 11.2. The van der Waals surface area contributed by atoms with Gasteiger partial charge in [-0.05, 0) is 22.0 Å². The number of nitrogens with zero attached hydrogens (tertiary/aromatic N) is 2. The summed E-state index contributed by atoms with van der Waals surface area (Å²) in [4.78, 5) is 28.0. The van der Waals surface area contributed by atoms with Gasteiger partial charge < -0.3 is 10.7 Å². The average Bonchev–Trinajstić information content (AvgIpc) is 2.62. The van der Waals surface area contributed by atoms with Crippen molar-refractivity contribution in [2.24, 2.45) is 0 Å². The molecule has 0 fully saturated rings. The molecular formula is C9H7BrN4O3S. The molecule has 0 radical (unpaired) electrons. The van der Waals surface area contributed by atoms with Crippen LogP contribution in [0.2, 0.25) is 0 Å². The van der Waals surface area contributed by atoms with Gasteiger partial charge in [0, 0.05) is 21.2 Å². The number of nitro groups is 1. The molecule has 0 unspecified atom stereocenters. The molecule has 2 aromatic heterocycles. The Hall–Kier alpha value is -1.74. The van der Waals surface area contributed by atoms with E-state index in [2.05, 4.69) is 25.9 Å². The number of nitrogens with two attached hydrogens (primary N) is 1. The van der Waals surface area contributed by atoms with Crippen LogP contribution in [-0.4, -0.2) is 14.9 Å². The van der Waals surface area contributed by atoms with E-state index in [0.29, 0.717) is 0 Å². The van der Waals surface area contributed by atoms with Crippen molar-refractivity contribution in [1.82, 2.24) is 9.97 Å². The van der Waals surface area contributed by atoms with E-state index < -0.39 is 10.6 Å². The van der Waals surface area contributed by atoms with Crippen molar-refractivity contribution in [1.29, 1.82) is 0 Å². The summed E-state index contributed by atoms with van der Waals surface area (Å²) in [6.07, 6.45) is 0.231. The van der Waals surface area contributed by atoms with E-state index >= 15 is 0 Å². The monoisotopic (exact) mass is 330 g/mol. The number of rotatable bonds is 3. The van der Waals surface area contributed by atoms with E-state index in [1.165, 1.54) is 11.3 Å². The summed E-state index contributed by atoms with van der Waals surface area (Å²) in [5.74, 6) is -0.366. The highest BCUT2D eigenvalue weighted by Gasteiger charge is 2.21. The Bertz CT molecular complexity index is 666. The van der Waals surface area contributed by atoms with Crippen LogP contribution in [0.4, 0.5) is 11.5 Å². The van der Waals surface area contributed by atoms with Gasteiger partial charge in [0.2, 0.25) is 5.82 Å². The summed E-state index contributed by atoms with van der Waals surface area (Å²) in [7, 11) is 0. The molecule has 0 aliphatic carbocycles. The lowest BCUT2D eigenvalue weighted by Crippen LogP contribution is -2.18. The molecule has 2 aromatic rings. The normalized spacial score (nSPS) is 10.5. The molecule has 0 aliphatic rings. The van der Waals surface area contributed by atoms with Crippen LogP contribution in [0.5, 0.6) is 0 Å². The number of halogens is 1. The van der Waals surface area contributed by atoms with Gasteiger partial charge in [0.1, 0.15) is 5.69 Å². The number of hydrogen-bond acceptors (Lipinski definition) is 6. The SMILES string of the molecule is Nc1nc(=O)[nH]c(Cc2cc(Br)cs2)c1[N+](=O)[O-]. The number of thiophene rings is 1. The molecule has 18 heavy (non-hydrogen) atoms. The molecule has 0 amide bonds. The summed E-state index contributed by atoms with van der Waals surface area (Å²) >= 11 is 4.71. The van der Waals surface area contributed by atoms with Gasteiger partial charge in [-0.15, -0.1) is 11.3 Å². The summed E-state index contributed by atoms with van der Waals surface area (Å²) < 4.78 is 0.884. The first-order valence-corrected chi connectivity index (χ1v) is 6.40. The van der Waals surface area contributed by atoms with Crippen molar-refractivity contribution < 1.29 is 4.92 Å². The molecule has 0 saturated heterocycles. The van der Waals surface area contributed by atoms with Gasteiger partial charge in [0.25, 0.3) is 0 Å². The Morgan fingerprint density at radius 1 is 1.61 bits per heavy atom. The highest BCUT2D eigenvalue weighted by molar-refractivity contribution is 9.10. The molecule has 0 saturated carbocycles. The summed E-state index contributed by atoms with van der Waals surface area (Å²) in [5, 5.41) is 12.8. The predicted octanol–water partition coefficient (Wildman–Crippen LogP) is 1.68. The fourth-order valence-corrected chi connectivity index (χ4v) is 2.95. The van der Waals surface area contributed by atoms with E-state index in [9.17, 15) is 14.9 Å². The third-order valence-electron chi connectivity index (χ3n) is 2.16. The molecule has 2 heterocycles. The van der Waals surface area contributed by atoms with Crippen LogP contribution < -0.4 is 11.4 Å². The topological polar surface area (TPSA) is 115 Å². The second-order valence-electron chi connectivity index (χ2n) is 3.42. The Morgan fingerprint density at radius 3 is 2.89 bits per heavy atom. The van der Waals surface area contributed by atoms with Crippen molar-refractivity contribution in [2.45, 2.75) is 6.42 Å². The number of hydrogen-bond donors (Lipinski definition) is 2. The lowest BCUT2D eigenvalue weighted by Gasteiger charge is -2.02. The standard InChI is InChI=1S/C9H7BrN4O3S/c10-4-1-5(18-3-4)2-6-7(14(16)17)8(11)13-9(15)12-6/h1,3H,2H2,(H3,11,12,13,15). The van der Waals surface area contributed by atoms with E-state index in [1.807, 2.05) is 11.4 Å². The maximum Gasteiger partial charge on any atom is 0.347 e. The second kappa shape index (κ2) is 4.86. The number of aromatic nitrogens is 2. The molecule has 7 nitrogen and oxygen atoms in total. The van der Waals surface area contributed by atoms with Gasteiger partial charge in [0.05, 0.1) is 4.92 Å². The van der Waals surface area contributed by atoms with Crippen LogP contribution in [0.15, 0.2) is 20.7 Å². The fourth-order valence-electron chi connectivity index (χ4n) is 1.49. The zero-order valence-electron chi connectivity index (χ0n) is 8.84. The molecule has 0 bridgehead atoms. The molecule has 2 rings (SSSR count). The summed E-state index contributed by atoms with van der Waals surface area (Å²) in [6.45, 7) is 0. The van der Waals surface area contributed by atoms with Crippen LogP contribution in [-0.2, 0) is 6.42 Å². The number of anilines is 1. The lowest BCUT2D eigenvalue weighted by atomic mass is 10.2. The van der Waals surface area contributed by atoms with Crippen LogP contribution in [0.1, 0.15) is 10.6 Å². The molecule has 94 valence electrons. The molecular weight excluding hydrogens is 324 g/mol. The molecule has 0 atom stereocenters. The molecule has 3 N–H and O–H groups in total. The first-order valence-electron chi connectivity index (χ1n) is 4.73. The van der Waals surface area contributed by atoms with Crippen molar-refractivity contribution in [3.63, 3.8) is 0 Å². The van der Waals surface area contributed by atoms with E-state index in [4.69, 9.17) is 5.73 Å². The lowest BCUT2D eigenvalue weighted by molar-refractivity contribution is -0.385. The molecule has 0 spiro atoms. The number of nitrogens with one attached hydrogen (secondary N) is 1.